The van der Waals surface area contributed by atoms with Gasteiger partial charge in [0.15, 0.2) is 5.16 Å². The molecule has 0 aliphatic heterocycles. The standard InChI is InChI=1S/C11H17N5S2.ClH/c1-7-9(13-8(2)18-7)6-17-11-15-14-10(5-12-3)16(11)4;/h12H,5-6H2,1-4H3;1H. The van der Waals surface area contributed by atoms with Crippen LogP contribution in [0, 0.1) is 13.8 Å². The largest absolute Gasteiger partial charge is 0.313 e. The number of nitrogens with one attached hydrogen (secondary N) is 1. The van der Waals surface area contributed by atoms with Crippen LogP contribution in [0.15, 0.2) is 5.16 Å². The summed E-state index contributed by atoms with van der Waals surface area (Å²) in [6.45, 7) is 4.89. The van der Waals surface area contributed by atoms with Crippen molar-refractivity contribution >= 4 is 35.5 Å². The average molecular weight is 320 g/mol. The van der Waals surface area contributed by atoms with E-state index in [1.807, 2.05) is 25.6 Å². The normalized spacial score (nSPS) is 10.5. The third-order valence-corrected chi connectivity index (χ3v) is 4.56. The molecule has 2 rings (SSSR count). The summed E-state index contributed by atoms with van der Waals surface area (Å²) in [5.74, 6) is 1.80. The molecule has 0 saturated carbocycles. The summed E-state index contributed by atoms with van der Waals surface area (Å²) in [4.78, 5) is 5.82. The van der Waals surface area contributed by atoms with Crippen LogP contribution in [0.5, 0.6) is 0 Å². The minimum absolute atomic E-state index is 0. The van der Waals surface area contributed by atoms with E-state index in [9.17, 15) is 0 Å². The molecular weight excluding hydrogens is 302 g/mol. The molecule has 106 valence electrons. The van der Waals surface area contributed by atoms with Gasteiger partial charge in [0.25, 0.3) is 0 Å². The lowest BCUT2D eigenvalue weighted by atomic mass is 10.4. The van der Waals surface area contributed by atoms with Crippen molar-refractivity contribution in [2.24, 2.45) is 7.05 Å². The van der Waals surface area contributed by atoms with E-state index >= 15 is 0 Å². The highest BCUT2D eigenvalue weighted by atomic mass is 35.5. The van der Waals surface area contributed by atoms with Crippen LogP contribution in [0.4, 0.5) is 0 Å². The first kappa shape index (κ1) is 16.4. The highest BCUT2D eigenvalue weighted by Crippen LogP contribution is 2.25. The summed E-state index contributed by atoms with van der Waals surface area (Å²) >= 11 is 3.42. The number of halogens is 1. The van der Waals surface area contributed by atoms with Crippen molar-refractivity contribution in [1.82, 2.24) is 25.1 Å². The van der Waals surface area contributed by atoms with Crippen LogP contribution in [-0.4, -0.2) is 26.8 Å². The summed E-state index contributed by atoms with van der Waals surface area (Å²) in [7, 11) is 3.90. The molecule has 19 heavy (non-hydrogen) atoms. The molecule has 0 spiro atoms. The Bertz CT molecular complexity index is 537. The van der Waals surface area contributed by atoms with E-state index in [1.54, 1.807) is 23.1 Å². The Morgan fingerprint density at radius 3 is 2.63 bits per heavy atom. The lowest BCUT2D eigenvalue weighted by molar-refractivity contribution is 0.682. The fourth-order valence-corrected chi connectivity index (χ4v) is 3.49. The van der Waals surface area contributed by atoms with E-state index < -0.39 is 0 Å². The van der Waals surface area contributed by atoms with E-state index in [0.717, 1.165) is 34.0 Å². The van der Waals surface area contributed by atoms with E-state index in [2.05, 4.69) is 27.4 Å². The Hall–Kier alpha value is -0.630. The molecule has 0 atom stereocenters. The molecule has 0 bridgehead atoms. The topological polar surface area (TPSA) is 55.6 Å². The summed E-state index contributed by atoms with van der Waals surface area (Å²) in [5, 5.41) is 13.5. The van der Waals surface area contributed by atoms with Crippen LogP contribution in [0.1, 0.15) is 21.4 Å². The van der Waals surface area contributed by atoms with Crippen molar-refractivity contribution < 1.29 is 0 Å². The second-order valence-electron chi connectivity index (χ2n) is 4.01. The van der Waals surface area contributed by atoms with Crippen molar-refractivity contribution in [3.63, 3.8) is 0 Å². The number of hydrogen-bond acceptors (Lipinski definition) is 6. The summed E-state index contributed by atoms with van der Waals surface area (Å²) in [5.41, 5.74) is 1.15. The van der Waals surface area contributed by atoms with Gasteiger partial charge in [0.05, 0.1) is 17.2 Å². The highest BCUT2D eigenvalue weighted by molar-refractivity contribution is 7.98. The predicted octanol–water partition coefficient (Wildman–Crippen LogP) is 2.32. The van der Waals surface area contributed by atoms with Gasteiger partial charge in [-0.25, -0.2) is 4.98 Å². The monoisotopic (exact) mass is 319 g/mol. The fourth-order valence-electron chi connectivity index (χ4n) is 1.62. The van der Waals surface area contributed by atoms with Gasteiger partial charge < -0.3 is 9.88 Å². The molecule has 1 N–H and O–H groups in total. The van der Waals surface area contributed by atoms with Crippen molar-refractivity contribution in [2.75, 3.05) is 7.05 Å². The van der Waals surface area contributed by atoms with Gasteiger partial charge in [-0.3, -0.25) is 0 Å². The Morgan fingerprint density at radius 1 is 1.32 bits per heavy atom. The van der Waals surface area contributed by atoms with E-state index in [4.69, 9.17) is 0 Å². The fraction of sp³-hybridized carbons (Fsp3) is 0.545. The Kier molecular flexibility index (Phi) is 6.25. The average Bonchev–Trinajstić information content (AvgIpc) is 2.82. The lowest BCUT2D eigenvalue weighted by Crippen LogP contribution is -2.10. The zero-order valence-electron chi connectivity index (χ0n) is 11.4. The Morgan fingerprint density at radius 2 is 2.05 bits per heavy atom. The maximum absolute atomic E-state index is 4.53. The van der Waals surface area contributed by atoms with Gasteiger partial charge in [-0.1, -0.05) is 11.8 Å². The van der Waals surface area contributed by atoms with Crippen molar-refractivity contribution in [3.8, 4) is 0 Å². The number of thiazole rings is 1. The first-order valence-corrected chi connectivity index (χ1v) is 7.50. The van der Waals surface area contributed by atoms with E-state index in [-0.39, 0.29) is 12.4 Å². The minimum atomic E-state index is 0. The third-order valence-electron chi connectivity index (χ3n) is 2.60. The molecule has 0 amide bonds. The quantitative estimate of drug-likeness (QED) is 0.857. The van der Waals surface area contributed by atoms with Crippen LogP contribution in [-0.2, 0) is 19.3 Å². The maximum Gasteiger partial charge on any atom is 0.191 e. The molecule has 0 radical (unpaired) electrons. The number of rotatable bonds is 5. The third kappa shape index (κ3) is 3.92. The first-order chi connectivity index (χ1) is 8.61. The van der Waals surface area contributed by atoms with Gasteiger partial charge in [0.2, 0.25) is 0 Å². The molecule has 2 heterocycles. The summed E-state index contributed by atoms with van der Waals surface area (Å²) in [6.07, 6.45) is 0. The highest BCUT2D eigenvalue weighted by Gasteiger charge is 2.11. The molecule has 0 aliphatic carbocycles. The molecular formula is C11H18ClN5S2. The molecule has 0 unspecified atom stereocenters. The van der Waals surface area contributed by atoms with Crippen LogP contribution in [0.25, 0.3) is 0 Å². The van der Waals surface area contributed by atoms with E-state index in [1.165, 1.54) is 4.88 Å². The lowest BCUT2D eigenvalue weighted by Gasteiger charge is -2.02. The van der Waals surface area contributed by atoms with Gasteiger partial charge in [0, 0.05) is 17.7 Å². The minimum Gasteiger partial charge on any atom is -0.313 e. The molecule has 0 saturated heterocycles. The second-order valence-corrected chi connectivity index (χ2v) is 6.36. The van der Waals surface area contributed by atoms with E-state index in [0.29, 0.717) is 0 Å². The van der Waals surface area contributed by atoms with Crippen molar-refractivity contribution in [1.29, 1.82) is 0 Å². The Labute approximate surface area is 127 Å². The molecule has 8 heteroatoms. The van der Waals surface area contributed by atoms with Crippen molar-refractivity contribution in [3.05, 3.63) is 21.4 Å². The molecule has 2 aromatic rings. The first-order valence-electron chi connectivity index (χ1n) is 5.70. The summed E-state index contributed by atoms with van der Waals surface area (Å²) in [6, 6.07) is 0. The smallest absolute Gasteiger partial charge is 0.191 e. The maximum atomic E-state index is 4.53. The molecule has 5 nitrogen and oxygen atoms in total. The zero-order valence-corrected chi connectivity index (χ0v) is 13.9. The number of aryl methyl sites for hydroxylation is 2. The molecule has 0 aliphatic rings. The van der Waals surface area contributed by atoms with Gasteiger partial charge in [-0.15, -0.1) is 33.9 Å². The zero-order chi connectivity index (χ0) is 13.1. The predicted molar refractivity (Wildman–Crippen MR) is 82.2 cm³/mol. The molecule has 2 aromatic heterocycles. The SMILES string of the molecule is CNCc1nnc(SCc2nc(C)sc2C)n1C.Cl. The van der Waals surface area contributed by atoms with Crippen LogP contribution >= 0.6 is 35.5 Å². The summed E-state index contributed by atoms with van der Waals surface area (Å²) < 4.78 is 2.02. The van der Waals surface area contributed by atoms with Gasteiger partial charge in [-0.05, 0) is 20.9 Å². The number of hydrogen-bond donors (Lipinski definition) is 1. The van der Waals surface area contributed by atoms with Crippen LogP contribution < -0.4 is 5.32 Å². The Balaban J connectivity index is 0.00000180. The van der Waals surface area contributed by atoms with Gasteiger partial charge in [-0.2, -0.15) is 0 Å². The molecule has 0 fully saturated rings. The van der Waals surface area contributed by atoms with Gasteiger partial charge >= 0.3 is 0 Å². The molecule has 0 aromatic carbocycles. The van der Waals surface area contributed by atoms with Crippen LogP contribution in [0.2, 0.25) is 0 Å². The number of aromatic nitrogens is 4. The van der Waals surface area contributed by atoms with Crippen LogP contribution in [0.3, 0.4) is 0 Å². The van der Waals surface area contributed by atoms with Gasteiger partial charge in [0.1, 0.15) is 5.82 Å². The van der Waals surface area contributed by atoms with Crippen molar-refractivity contribution in [2.45, 2.75) is 31.3 Å². The second kappa shape index (κ2) is 7.23. The number of nitrogens with zero attached hydrogens (tertiary/aromatic N) is 4. The number of thioether (sulfide) groups is 1.